The van der Waals surface area contributed by atoms with Gasteiger partial charge in [-0.25, -0.2) is 0 Å². The van der Waals surface area contributed by atoms with Crippen LogP contribution in [-0.2, 0) is 19.5 Å². The molecule has 4 nitrogen and oxygen atoms in total. The molecule has 4 aromatic heterocycles. The van der Waals surface area contributed by atoms with Gasteiger partial charge in [0.05, 0.1) is 38.0 Å². The van der Waals surface area contributed by atoms with E-state index in [1.54, 1.807) is 12.4 Å². The van der Waals surface area contributed by atoms with Crippen molar-refractivity contribution in [2.45, 2.75) is 0 Å². The van der Waals surface area contributed by atoms with Gasteiger partial charge in [0.25, 0.3) is 0 Å². The monoisotopic (exact) mass is 928 g/mol. The molecule has 0 N–H and O–H groups in total. The van der Waals surface area contributed by atoms with Crippen molar-refractivity contribution in [3.63, 3.8) is 0 Å². The van der Waals surface area contributed by atoms with E-state index >= 15 is 0 Å². The number of aromatic nitrogens is 4. The smallest absolute Gasteiger partial charge is 0.255 e. The van der Waals surface area contributed by atoms with Crippen LogP contribution in [0.1, 0.15) is 0 Å². The Balaban J connectivity index is 0.000000339. The van der Waals surface area contributed by atoms with E-state index < -0.39 is 31.5 Å². The van der Waals surface area contributed by atoms with Crippen molar-refractivity contribution < 1.29 is 69.8 Å². The quantitative estimate of drug-likeness (QED) is 0.101. The van der Waals surface area contributed by atoms with Gasteiger partial charge in [-0.2, -0.15) is 0 Å². The van der Waals surface area contributed by atoms with Gasteiger partial charge >= 0.3 is 85.5 Å². The maximum Gasteiger partial charge on any atom is 2.00 e. The number of rotatable bonds is 3. The van der Waals surface area contributed by atoms with Crippen LogP contribution in [-0.4, -0.2) is 46.6 Å². The van der Waals surface area contributed by atoms with Crippen molar-refractivity contribution in [3.05, 3.63) is 122 Å². The molecular weight excluding hydrogens is 893 g/mol. The van der Waals surface area contributed by atoms with Crippen LogP contribution in [0, 0.1) is 0 Å². The van der Waals surface area contributed by atoms with Crippen molar-refractivity contribution in [1.29, 1.82) is 0 Å². The first kappa shape index (κ1) is 48.1. The van der Waals surface area contributed by atoms with Crippen molar-refractivity contribution in [2.24, 2.45) is 0 Å². The molecule has 0 aliphatic heterocycles. The van der Waals surface area contributed by atoms with E-state index in [9.17, 15) is 50.4 Å². The Bertz CT molecular complexity index is 1860. The fraction of sp³-hybridized carbons (Fsp3) is 0.125. The fourth-order valence-corrected chi connectivity index (χ4v) is 6.27. The number of pyridine rings is 4. The third-order valence-corrected chi connectivity index (χ3v) is 8.90. The van der Waals surface area contributed by atoms with E-state index in [1.165, 1.54) is 32.4 Å². The summed E-state index contributed by atoms with van der Waals surface area (Å²) in [5.41, 5.74) is 4.20. The summed E-state index contributed by atoms with van der Waals surface area (Å²) in [4.78, 5) is 17.2. The molecule has 0 saturated heterocycles. The largest absolute Gasteiger partial charge is 2.00 e. The predicted octanol–water partition coefficient (Wildman–Crippen LogP) is 13.6. The summed E-state index contributed by atoms with van der Waals surface area (Å²) in [5, 5.41) is 5.38. The van der Waals surface area contributed by atoms with Gasteiger partial charge in [0.2, 0.25) is 0 Å². The Labute approximate surface area is 312 Å². The van der Waals surface area contributed by atoms with Crippen molar-refractivity contribution >= 4 is 63.9 Å². The number of para-hydroxylation sites is 2. The number of halogens is 12. The van der Waals surface area contributed by atoms with E-state index in [1.807, 2.05) is 60.9 Å². The Hall–Kier alpha value is -2.94. The molecule has 0 fully saturated rings. The van der Waals surface area contributed by atoms with Crippen LogP contribution in [0.2, 0.25) is 0 Å². The molecule has 21 heteroatoms. The average molecular weight is 928 g/mol. The minimum Gasteiger partial charge on any atom is -0.255 e. The maximum absolute atomic E-state index is 10.7. The molecule has 292 valence electrons. The summed E-state index contributed by atoms with van der Waals surface area (Å²) in [6.45, 7) is 9.20. The van der Waals surface area contributed by atoms with Crippen molar-refractivity contribution in [1.82, 2.24) is 19.9 Å². The summed E-state index contributed by atoms with van der Waals surface area (Å²) < 4.78 is 118. The SMILES string of the molecule is C[PH+](C)c1cccc2cccnc12.C[PH+](C)c1cccc2cccnc12.F[P-](F)(F)(F)(F)F.F[P-](F)(F)(F)(F)F.[Ru+2].c1ccc(-c2ccccn2)nc1. The molecule has 53 heavy (non-hydrogen) atoms. The number of hydrogen-bond donors (Lipinski definition) is 0. The molecule has 0 spiro atoms. The molecule has 0 saturated carbocycles. The van der Waals surface area contributed by atoms with E-state index in [2.05, 4.69) is 95.1 Å². The van der Waals surface area contributed by atoms with Crippen molar-refractivity contribution in [3.8, 4) is 11.4 Å². The Morgan fingerprint density at radius 1 is 0.377 bits per heavy atom. The molecule has 2 aromatic carbocycles. The summed E-state index contributed by atoms with van der Waals surface area (Å²) in [6.07, 6.45) is 7.28. The average Bonchev–Trinajstić information content (AvgIpc) is 3.02. The molecule has 0 aliphatic rings. The van der Waals surface area contributed by atoms with Gasteiger partial charge in [-0.3, -0.25) is 19.9 Å². The first-order chi connectivity index (χ1) is 23.4. The number of benzene rings is 2. The number of fused-ring (bicyclic) bond motifs is 2. The van der Waals surface area contributed by atoms with Gasteiger partial charge < -0.3 is 0 Å². The summed E-state index contributed by atoms with van der Waals surface area (Å²) >= 11 is 0. The molecular formula is C32H34F12N4P4Ru+2. The Morgan fingerprint density at radius 2 is 0.660 bits per heavy atom. The van der Waals surface area contributed by atoms with Crippen LogP contribution in [0.5, 0.6) is 0 Å². The van der Waals surface area contributed by atoms with Gasteiger partial charge in [0.15, 0.2) is 0 Å². The van der Waals surface area contributed by atoms with Gasteiger partial charge in [-0.1, -0.05) is 48.5 Å². The summed E-state index contributed by atoms with van der Waals surface area (Å²) in [5.74, 6) is 0. The second kappa shape index (κ2) is 17.2. The Morgan fingerprint density at radius 3 is 0.925 bits per heavy atom. The van der Waals surface area contributed by atoms with Gasteiger partial charge in [0, 0.05) is 51.4 Å². The zero-order valence-electron chi connectivity index (χ0n) is 28.1. The number of nitrogens with zero attached hydrogens (tertiary/aromatic N) is 4. The minimum absolute atomic E-state index is 0. The second-order valence-corrected chi connectivity index (χ2v) is 20.0. The second-order valence-electron chi connectivity index (χ2n) is 11.1. The fourth-order valence-electron chi connectivity index (χ4n) is 4.04. The Kier molecular flexibility index (Phi) is 15.6. The van der Waals surface area contributed by atoms with E-state index in [-0.39, 0.29) is 19.5 Å². The molecule has 0 radical (unpaired) electrons. The third-order valence-electron chi connectivity index (χ3n) is 5.94. The standard InChI is InChI=1S/2C11H12NP.C10H8N2.2F6P.Ru/c2*1-13(2)10-7-3-5-9-6-4-8-12-11(9)10;1-3-7-11-9(5-1)10-6-2-4-8-12-10;2*1-7(2,3,4,5)6;/h2*3-8H,1-2H3;1-8H;;;/q;;;2*-1;+2/p+2. The molecule has 0 atom stereocenters. The number of hydrogen-bond acceptors (Lipinski definition) is 4. The summed E-state index contributed by atoms with van der Waals surface area (Å²) in [6, 6.07) is 32.7. The van der Waals surface area contributed by atoms with Crippen LogP contribution < -0.4 is 10.6 Å². The molecule has 6 rings (SSSR count). The predicted molar refractivity (Wildman–Crippen MR) is 198 cm³/mol. The maximum atomic E-state index is 9.87. The van der Waals surface area contributed by atoms with E-state index in [0.29, 0.717) is 0 Å². The topological polar surface area (TPSA) is 51.6 Å². The van der Waals surface area contributed by atoms with Crippen LogP contribution >= 0.6 is 31.5 Å². The van der Waals surface area contributed by atoms with Gasteiger partial charge in [-0.15, -0.1) is 0 Å². The van der Waals surface area contributed by atoms with Crippen LogP contribution in [0.25, 0.3) is 33.2 Å². The van der Waals surface area contributed by atoms with Crippen molar-refractivity contribution in [2.75, 3.05) is 26.7 Å². The first-order valence-electron chi connectivity index (χ1n) is 14.7. The minimum atomic E-state index is -10.7. The molecule has 4 heterocycles. The van der Waals surface area contributed by atoms with Gasteiger partial charge in [0.1, 0.15) is 21.6 Å². The molecule has 0 bridgehead atoms. The van der Waals surface area contributed by atoms with E-state index in [4.69, 9.17) is 0 Å². The molecule has 0 aliphatic carbocycles. The normalized spacial score (nSPS) is 13.7. The molecule has 6 aromatic rings. The third kappa shape index (κ3) is 24.2. The van der Waals surface area contributed by atoms with Crippen LogP contribution in [0.4, 0.5) is 50.4 Å². The van der Waals surface area contributed by atoms with Gasteiger partial charge in [-0.05, 0) is 48.5 Å². The molecule has 0 unspecified atom stereocenters. The zero-order chi connectivity index (χ0) is 39.6. The van der Waals surface area contributed by atoms with E-state index in [0.717, 1.165) is 11.4 Å². The molecule has 0 amide bonds. The van der Waals surface area contributed by atoms with Crippen LogP contribution in [0.15, 0.2) is 122 Å². The first-order valence-corrected chi connectivity index (χ1v) is 23.7. The van der Waals surface area contributed by atoms with Crippen LogP contribution in [0.3, 0.4) is 0 Å². The summed E-state index contributed by atoms with van der Waals surface area (Å²) in [7, 11) is -22.1. The zero-order valence-corrected chi connectivity index (χ0v) is 33.6.